The normalized spacial score (nSPS) is 15.1. The molecule has 0 atom stereocenters. The number of carboxylic acids is 1. The maximum absolute atomic E-state index is 13.2. The Hall–Kier alpha value is -2.11. The van der Waals surface area contributed by atoms with Crippen LogP contribution in [0, 0.1) is 11.7 Å². The van der Waals surface area contributed by atoms with Crippen LogP contribution in [0.15, 0.2) is 48.5 Å². The lowest BCUT2D eigenvalue weighted by Gasteiger charge is -2.29. The molecule has 1 fully saturated rings. The van der Waals surface area contributed by atoms with Gasteiger partial charge in [0.25, 0.3) is 0 Å². The standard InChI is InChI=1S/C21H24FNO3.ClH/c22-19-3-1-2-17(15-19)14-16-4-6-20(7-5-16)26-13-12-23-10-8-18(9-11-23)21(24)25;/h1-7,15,18H,8-14H2,(H,24,25);1H. The van der Waals surface area contributed by atoms with Crippen LogP contribution in [0.1, 0.15) is 24.0 Å². The van der Waals surface area contributed by atoms with Gasteiger partial charge in [-0.3, -0.25) is 9.69 Å². The fourth-order valence-corrected chi connectivity index (χ4v) is 3.28. The van der Waals surface area contributed by atoms with Crippen LogP contribution in [0.5, 0.6) is 5.75 Å². The second-order valence-electron chi connectivity index (χ2n) is 6.75. The average molecular weight is 394 g/mol. The maximum Gasteiger partial charge on any atom is 0.306 e. The monoisotopic (exact) mass is 393 g/mol. The first-order valence-electron chi connectivity index (χ1n) is 9.01. The molecule has 1 aliphatic rings. The minimum Gasteiger partial charge on any atom is -0.492 e. The Morgan fingerprint density at radius 2 is 1.81 bits per heavy atom. The molecule has 0 aliphatic carbocycles. The topological polar surface area (TPSA) is 49.8 Å². The Kier molecular flexibility index (Phi) is 8.07. The Bertz CT molecular complexity index is 730. The molecule has 0 spiro atoms. The van der Waals surface area contributed by atoms with Gasteiger partial charge < -0.3 is 9.84 Å². The molecule has 1 aliphatic heterocycles. The van der Waals surface area contributed by atoms with E-state index in [1.54, 1.807) is 12.1 Å². The van der Waals surface area contributed by atoms with Crippen LogP contribution < -0.4 is 4.74 Å². The minimum absolute atomic E-state index is 0. The third kappa shape index (κ3) is 6.52. The summed E-state index contributed by atoms with van der Waals surface area (Å²) in [7, 11) is 0. The lowest BCUT2D eigenvalue weighted by atomic mass is 9.97. The van der Waals surface area contributed by atoms with Gasteiger partial charge in [0.1, 0.15) is 18.2 Å². The van der Waals surface area contributed by atoms with E-state index in [1.807, 2.05) is 30.3 Å². The zero-order valence-corrected chi connectivity index (χ0v) is 16.0. The number of nitrogens with zero attached hydrogens (tertiary/aromatic N) is 1. The largest absolute Gasteiger partial charge is 0.492 e. The molecule has 6 heteroatoms. The number of rotatable bonds is 7. The number of aliphatic carboxylic acids is 1. The van der Waals surface area contributed by atoms with Crippen LogP contribution in [0.3, 0.4) is 0 Å². The molecule has 4 nitrogen and oxygen atoms in total. The Balaban J connectivity index is 0.00000261. The number of hydrogen-bond acceptors (Lipinski definition) is 3. The molecule has 2 aromatic carbocycles. The Morgan fingerprint density at radius 3 is 2.44 bits per heavy atom. The highest BCUT2D eigenvalue weighted by atomic mass is 35.5. The number of ether oxygens (including phenoxy) is 1. The molecule has 0 aromatic heterocycles. The van der Waals surface area contributed by atoms with E-state index >= 15 is 0 Å². The molecule has 0 amide bonds. The summed E-state index contributed by atoms with van der Waals surface area (Å²) < 4.78 is 19.0. The van der Waals surface area contributed by atoms with E-state index in [0.717, 1.165) is 36.5 Å². The predicted octanol–water partition coefficient (Wildman–Crippen LogP) is 4.01. The van der Waals surface area contributed by atoms with Crippen molar-refractivity contribution in [2.75, 3.05) is 26.2 Å². The molecule has 0 radical (unpaired) electrons. The minimum atomic E-state index is -0.681. The van der Waals surface area contributed by atoms with Crippen LogP contribution in [-0.4, -0.2) is 42.2 Å². The van der Waals surface area contributed by atoms with Gasteiger partial charge in [-0.25, -0.2) is 4.39 Å². The third-order valence-electron chi connectivity index (χ3n) is 4.83. The molecule has 3 rings (SSSR count). The molecule has 1 heterocycles. The smallest absolute Gasteiger partial charge is 0.306 e. The van der Waals surface area contributed by atoms with Gasteiger partial charge in [-0.15, -0.1) is 12.4 Å². The molecule has 0 bridgehead atoms. The van der Waals surface area contributed by atoms with E-state index in [4.69, 9.17) is 9.84 Å². The number of carbonyl (C=O) groups is 1. The molecule has 1 N–H and O–H groups in total. The van der Waals surface area contributed by atoms with E-state index in [1.165, 1.54) is 6.07 Å². The fourth-order valence-electron chi connectivity index (χ4n) is 3.28. The van der Waals surface area contributed by atoms with Gasteiger partial charge in [0.15, 0.2) is 0 Å². The summed E-state index contributed by atoms with van der Waals surface area (Å²) >= 11 is 0. The molecule has 2 aromatic rings. The van der Waals surface area contributed by atoms with Crippen LogP contribution in [-0.2, 0) is 11.2 Å². The molecular weight excluding hydrogens is 369 g/mol. The third-order valence-corrected chi connectivity index (χ3v) is 4.83. The SMILES string of the molecule is Cl.O=C(O)C1CCN(CCOc2ccc(Cc3cccc(F)c3)cc2)CC1. The molecule has 27 heavy (non-hydrogen) atoms. The summed E-state index contributed by atoms with van der Waals surface area (Å²) in [6.07, 6.45) is 2.12. The highest BCUT2D eigenvalue weighted by Crippen LogP contribution is 2.18. The van der Waals surface area contributed by atoms with Gasteiger partial charge in [-0.05, 0) is 67.7 Å². The molecule has 0 saturated carbocycles. The van der Waals surface area contributed by atoms with Crippen molar-refractivity contribution in [1.82, 2.24) is 4.90 Å². The summed E-state index contributed by atoms with van der Waals surface area (Å²) in [5, 5.41) is 9.02. The average Bonchev–Trinajstić information content (AvgIpc) is 2.64. The first-order chi connectivity index (χ1) is 12.6. The predicted molar refractivity (Wildman–Crippen MR) is 105 cm³/mol. The first-order valence-corrected chi connectivity index (χ1v) is 9.01. The highest BCUT2D eigenvalue weighted by molar-refractivity contribution is 5.85. The highest BCUT2D eigenvalue weighted by Gasteiger charge is 2.24. The number of likely N-dealkylation sites (tertiary alicyclic amines) is 1. The quantitative estimate of drug-likeness (QED) is 0.772. The number of benzene rings is 2. The summed E-state index contributed by atoms with van der Waals surface area (Å²) in [6, 6.07) is 14.5. The number of piperidine rings is 1. The molecule has 146 valence electrons. The Labute approximate surface area is 165 Å². The van der Waals surface area contributed by atoms with E-state index in [2.05, 4.69) is 4.90 Å². The van der Waals surface area contributed by atoms with Crippen molar-refractivity contribution >= 4 is 18.4 Å². The lowest BCUT2D eigenvalue weighted by Crippen LogP contribution is -2.38. The van der Waals surface area contributed by atoms with Crippen LogP contribution >= 0.6 is 12.4 Å². The maximum atomic E-state index is 13.2. The van der Waals surface area contributed by atoms with Crippen molar-refractivity contribution in [1.29, 1.82) is 0 Å². The van der Waals surface area contributed by atoms with Crippen molar-refractivity contribution in [3.63, 3.8) is 0 Å². The van der Waals surface area contributed by atoms with Gasteiger partial charge in [0, 0.05) is 6.54 Å². The van der Waals surface area contributed by atoms with Gasteiger partial charge in [-0.1, -0.05) is 24.3 Å². The van der Waals surface area contributed by atoms with Crippen molar-refractivity contribution in [2.45, 2.75) is 19.3 Å². The lowest BCUT2D eigenvalue weighted by molar-refractivity contribution is -0.143. The zero-order valence-electron chi connectivity index (χ0n) is 15.1. The second-order valence-corrected chi connectivity index (χ2v) is 6.75. The summed E-state index contributed by atoms with van der Waals surface area (Å²) in [4.78, 5) is 13.2. The second kappa shape index (κ2) is 10.3. The van der Waals surface area contributed by atoms with Crippen LogP contribution in [0.2, 0.25) is 0 Å². The molecule has 1 saturated heterocycles. The van der Waals surface area contributed by atoms with E-state index < -0.39 is 5.97 Å². The first kappa shape index (κ1) is 21.2. The van der Waals surface area contributed by atoms with Gasteiger partial charge in [0.05, 0.1) is 5.92 Å². The summed E-state index contributed by atoms with van der Waals surface area (Å²) in [5.74, 6) is -0.278. The number of hydrogen-bond donors (Lipinski definition) is 1. The fraction of sp³-hybridized carbons (Fsp3) is 0.381. The summed E-state index contributed by atoms with van der Waals surface area (Å²) in [5.41, 5.74) is 2.06. The van der Waals surface area contributed by atoms with E-state index in [0.29, 0.717) is 25.9 Å². The van der Waals surface area contributed by atoms with Crippen LogP contribution in [0.25, 0.3) is 0 Å². The van der Waals surface area contributed by atoms with Gasteiger partial charge in [0.2, 0.25) is 0 Å². The molecular formula is C21H25ClFNO3. The molecule has 0 unspecified atom stereocenters. The van der Waals surface area contributed by atoms with Crippen molar-refractivity contribution in [3.8, 4) is 5.75 Å². The van der Waals surface area contributed by atoms with Gasteiger partial charge >= 0.3 is 5.97 Å². The number of halogens is 2. The van der Waals surface area contributed by atoms with E-state index in [9.17, 15) is 9.18 Å². The van der Waals surface area contributed by atoms with Crippen LogP contribution in [0.4, 0.5) is 4.39 Å². The summed E-state index contributed by atoms with van der Waals surface area (Å²) in [6.45, 7) is 3.01. The van der Waals surface area contributed by atoms with Gasteiger partial charge in [-0.2, -0.15) is 0 Å². The zero-order chi connectivity index (χ0) is 18.4. The number of carboxylic acid groups (broad SMARTS) is 1. The van der Waals surface area contributed by atoms with Crippen molar-refractivity contribution < 1.29 is 19.0 Å². The van der Waals surface area contributed by atoms with Crippen molar-refractivity contribution in [2.24, 2.45) is 5.92 Å². The van der Waals surface area contributed by atoms with Crippen molar-refractivity contribution in [3.05, 3.63) is 65.5 Å². The Morgan fingerprint density at radius 1 is 1.11 bits per heavy atom. The van der Waals surface area contributed by atoms with E-state index in [-0.39, 0.29) is 24.1 Å².